The molecule has 1 aromatic heterocycles. The van der Waals surface area contributed by atoms with Crippen LogP contribution in [0.5, 0.6) is 0 Å². The van der Waals surface area contributed by atoms with Gasteiger partial charge in [-0.3, -0.25) is 4.79 Å². The molecule has 0 saturated carbocycles. The van der Waals surface area contributed by atoms with Crippen LogP contribution in [0.25, 0.3) is 0 Å². The van der Waals surface area contributed by atoms with Gasteiger partial charge in [0.25, 0.3) is 6.29 Å². The Hall–Kier alpha value is -1.50. The maximum Gasteiger partial charge on any atom is 0.260 e. The third-order valence-electron chi connectivity index (χ3n) is 0.840. The van der Waals surface area contributed by atoms with Crippen molar-refractivity contribution in [2.24, 2.45) is 5.16 Å². The summed E-state index contributed by atoms with van der Waals surface area (Å²) in [5.74, 6) is 0. The number of nitrogen functional groups attached to an aromatic ring is 1. The topological polar surface area (TPSA) is 101 Å². The number of rotatable bonds is 2. The predicted molar refractivity (Wildman–Crippen MR) is 38.3 cm³/mol. The number of aromatic nitrogens is 2. The molecule has 1 rings (SSSR count). The van der Waals surface area contributed by atoms with E-state index >= 15 is 0 Å². The fourth-order valence-electron chi connectivity index (χ4n) is 0.437. The first-order valence-electron chi connectivity index (χ1n) is 2.47. The SMILES string of the molecule is Nc1nnc(/C([C]=O)=N/O)s1. The van der Waals surface area contributed by atoms with Crippen LogP contribution in [0, 0.1) is 0 Å². The van der Waals surface area contributed by atoms with Crippen molar-refractivity contribution in [1.82, 2.24) is 10.2 Å². The highest BCUT2D eigenvalue weighted by atomic mass is 32.1. The molecule has 0 atom stereocenters. The van der Waals surface area contributed by atoms with Crippen LogP contribution in [0.3, 0.4) is 0 Å². The second kappa shape index (κ2) is 3.06. The molecule has 1 aromatic rings. The molecule has 0 unspecified atom stereocenters. The van der Waals surface area contributed by atoms with E-state index in [1.807, 2.05) is 0 Å². The van der Waals surface area contributed by atoms with E-state index in [1.165, 1.54) is 6.29 Å². The molecule has 0 aromatic carbocycles. The van der Waals surface area contributed by atoms with E-state index in [4.69, 9.17) is 10.9 Å². The van der Waals surface area contributed by atoms with Crippen molar-refractivity contribution < 1.29 is 10.0 Å². The fraction of sp³-hybridized carbons (Fsp3) is 0. The number of nitrogens with two attached hydrogens (primary N) is 1. The molecule has 57 valence electrons. The van der Waals surface area contributed by atoms with Gasteiger partial charge in [0.05, 0.1) is 0 Å². The molecule has 0 amide bonds. The average Bonchev–Trinajstić information content (AvgIpc) is 2.39. The third kappa shape index (κ3) is 1.49. The Balaban J connectivity index is 3.00. The Morgan fingerprint density at radius 2 is 2.45 bits per heavy atom. The standard InChI is InChI=1S/C4H3N4O2S/c5-4-7-6-3(11-4)2(1-9)8-10/h10H,(H2,5,7)/b8-2+. The van der Waals surface area contributed by atoms with Crippen LogP contribution in [0.2, 0.25) is 0 Å². The molecule has 0 aliphatic heterocycles. The maximum atomic E-state index is 10.0. The summed E-state index contributed by atoms with van der Waals surface area (Å²) >= 11 is 0.947. The van der Waals surface area contributed by atoms with Crippen molar-refractivity contribution in [2.45, 2.75) is 0 Å². The van der Waals surface area contributed by atoms with E-state index in [2.05, 4.69) is 15.4 Å². The van der Waals surface area contributed by atoms with Crippen molar-refractivity contribution in [3.63, 3.8) is 0 Å². The van der Waals surface area contributed by atoms with Gasteiger partial charge in [-0.15, -0.1) is 10.2 Å². The number of hydrogen-bond donors (Lipinski definition) is 2. The molecule has 0 aliphatic carbocycles. The van der Waals surface area contributed by atoms with Gasteiger partial charge < -0.3 is 10.9 Å². The molecule has 1 radical (unpaired) electrons. The monoisotopic (exact) mass is 171 g/mol. The highest BCUT2D eigenvalue weighted by Crippen LogP contribution is 2.10. The predicted octanol–water partition coefficient (Wildman–Crippen LogP) is -0.592. The zero-order valence-electron chi connectivity index (χ0n) is 5.18. The number of hydrogen-bond acceptors (Lipinski definition) is 7. The molecule has 6 nitrogen and oxygen atoms in total. The smallest absolute Gasteiger partial charge is 0.260 e. The summed E-state index contributed by atoms with van der Waals surface area (Å²) in [5.41, 5.74) is 4.91. The summed E-state index contributed by atoms with van der Waals surface area (Å²) in [6.07, 6.45) is 1.38. The molecule has 0 aliphatic rings. The summed E-state index contributed by atoms with van der Waals surface area (Å²) in [6.45, 7) is 0. The zero-order chi connectivity index (χ0) is 8.27. The van der Waals surface area contributed by atoms with E-state index in [-0.39, 0.29) is 15.9 Å². The van der Waals surface area contributed by atoms with Crippen LogP contribution in [0.1, 0.15) is 5.01 Å². The lowest BCUT2D eigenvalue weighted by Gasteiger charge is -1.82. The van der Waals surface area contributed by atoms with Crippen LogP contribution in [-0.2, 0) is 4.79 Å². The van der Waals surface area contributed by atoms with Crippen molar-refractivity contribution in [2.75, 3.05) is 5.73 Å². The summed E-state index contributed by atoms with van der Waals surface area (Å²) in [7, 11) is 0. The zero-order valence-corrected chi connectivity index (χ0v) is 6.00. The van der Waals surface area contributed by atoms with Gasteiger partial charge in [-0.2, -0.15) is 0 Å². The first kappa shape index (κ1) is 7.61. The Labute approximate surface area is 65.4 Å². The number of carbonyl (C=O) groups excluding carboxylic acids is 1. The third-order valence-corrected chi connectivity index (χ3v) is 1.60. The number of oxime groups is 1. The molecular weight excluding hydrogens is 168 g/mol. The van der Waals surface area contributed by atoms with Crippen molar-refractivity contribution >= 4 is 28.5 Å². The van der Waals surface area contributed by atoms with Gasteiger partial charge in [0.15, 0.2) is 10.7 Å². The van der Waals surface area contributed by atoms with Crippen LogP contribution >= 0.6 is 11.3 Å². The van der Waals surface area contributed by atoms with Gasteiger partial charge in [-0.1, -0.05) is 16.5 Å². The first-order chi connectivity index (χ1) is 5.27. The Kier molecular flexibility index (Phi) is 2.12. The molecule has 0 spiro atoms. The Bertz CT molecular complexity index is 294. The average molecular weight is 171 g/mol. The summed E-state index contributed by atoms with van der Waals surface area (Å²) < 4.78 is 0. The van der Waals surface area contributed by atoms with Gasteiger partial charge in [0.1, 0.15) is 0 Å². The quantitative estimate of drug-likeness (QED) is 0.351. The number of nitrogens with zero attached hydrogens (tertiary/aromatic N) is 3. The second-order valence-electron chi connectivity index (χ2n) is 1.50. The van der Waals surface area contributed by atoms with E-state index in [9.17, 15) is 4.79 Å². The molecular formula is C4H3N4O2S. The lowest BCUT2D eigenvalue weighted by molar-refractivity contribution is 0.320. The highest BCUT2D eigenvalue weighted by molar-refractivity contribution is 7.17. The fourth-order valence-corrected chi connectivity index (χ4v) is 0.978. The lowest BCUT2D eigenvalue weighted by Crippen LogP contribution is -2.00. The summed E-state index contributed by atoms with van der Waals surface area (Å²) in [4.78, 5) is 10.0. The normalized spacial score (nSPS) is 11.5. The maximum absolute atomic E-state index is 10.0. The molecule has 3 N–H and O–H groups in total. The van der Waals surface area contributed by atoms with Gasteiger partial charge in [-0.25, -0.2) is 0 Å². The van der Waals surface area contributed by atoms with Crippen molar-refractivity contribution in [1.29, 1.82) is 0 Å². The van der Waals surface area contributed by atoms with Crippen molar-refractivity contribution in [3.8, 4) is 0 Å². The molecule has 0 bridgehead atoms. The van der Waals surface area contributed by atoms with Crippen LogP contribution < -0.4 is 5.73 Å². The minimum absolute atomic E-state index is 0.153. The molecule has 0 saturated heterocycles. The summed E-state index contributed by atoms with van der Waals surface area (Å²) in [6, 6.07) is 0. The van der Waals surface area contributed by atoms with E-state index in [0.717, 1.165) is 11.3 Å². The van der Waals surface area contributed by atoms with Crippen LogP contribution in [0.4, 0.5) is 5.13 Å². The first-order valence-corrected chi connectivity index (χ1v) is 3.29. The second-order valence-corrected chi connectivity index (χ2v) is 2.51. The molecule has 11 heavy (non-hydrogen) atoms. The van der Waals surface area contributed by atoms with Gasteiger partial charge >= 0.3 is 0 Å². The summed E-state index contributed by atoms with van der Waals surface area (Å²) in [5, 5.41) is 18.1. The molecule has 0 fully saturated rings. The Morgan fingerprint density at radius 3 is 2.82 bits per heavy atom. The number of anilines is 1. The van der Waals surface area contributed by atoms with E-state index in [0.29, 0.717) is 0 Å². The van der Waals surface area contributed by atoms with Crippen molar-refractivity contribution in [3.05, 3.63) is 5.01 Å². The van der Waals surface area contributed by atoms with Gasteiger partial charge in [0.2, 0.25) is 5.13 Å². The van der Waals surface area contributed by atoms with Crippen LogP contribution in [-0.4, -0.2) is 27.4 Å². The van der Waals surface area contributed by atoms with Gasteiger partial charge in [0, 0.05) is 0 Å². The Morgan fingerprint density at radius 1 is 1.73 bits per heavy atom. The molecule has 7 heteroatoms. The van der Waals surface area contributed by atoms with Gasteiger partial charge in [-0.05, 0) is 0 Å². The van der Waals surface area contributed by atoms with E-state index < -0.39 is 0 Å². The molecule has 1 heterocycles. The lowest BCUT2D eigenvalue weighted by atomic mass is 10.4. The minimum Gasteiger partial charge on any atom is -0.410 e. The minimum atomic E-state index is -0.292. The largest absolute Gasteiger partial charge is 0.410 e. The van der Waals surface area contributed by atoms with Crippen LogP contribution in [0.15, 0.2) is 5.16 Å². The highest BCUT2D eigenvalue weighted by Gasteiger charge is 2.09. The van der Waals surface area contributed by atoms with E-state index in [1.54, 1.807) is 0 Å².